The van der Waals surface area contributed by atoms with Gasteiger partial charge in [0.1, 0.15) is 16.0 Å². The second-order valence-electron chi connectivity index (χ2n) is 5.69. The molecule has 0 aliphatic carbocycles. The zero-order chi connectivity index (χ0) is 18.5. The second kappa shape index (κ2) is 8.33. The van der Waals surface area contributed by atoms with E-state index in [9.17, 15) is 4.79 Å². The van der Waals surface area contributed by atoms with E-state index in [0.717, 1.165) is 20.5 Å². The summed E-state index contributed by atoms with van der Waals surface area (Å²) in [6, 6.07) is 15.4. The highest BCUT2D eigenvalue weighted by Crippen LogP contribution is 2.38. The fraction of sp³-hybridized carbons (Fsp3) is 0.211. The van der Waals surface area contributed by atoms with Crippen molar-refractivity contribution in [2.45, 2.75) is 23.4 Å². The summed E-state index contributed by atoms with van der Waals surface area (Å²) in [6.07, 6.45) is 0. The maximum Gasteiger partial charge on any atom is 0.242 e. The minimum atomic E-state index is -0.436. The van der Waals surface area contributed by atoms with Gasteiger partial charge in [-0.1, -0.05) is 59.5 Å². The lowest BCUT2D eigenvalue weighted by atomic mass is 10.1. The first kappa shape index (κ1) is 18.4. The van der Waals surface area contributed by atoms with Crippen LogP contribution in [0, 0.1) is 13.8 Å². The highest BCUT2D eigenvalue weighted by molar-refractivity contribution is 8.01. The Hall–Kier alpha value is -2.38. The Labute approximate surface area is 160 Å². The van der Waals surface area contributed by atoms with Crippen LogP contribution in [-0.4, -0.2) is 23.2 Å². The van der Waals surface area contributed by atoms with Gasteiger partial charge in [-0.15, -0.1) is 10.2 Å². The van der Waals surface area contributed by atoms with Crippen LogP contribution in [0.3, 0.4) is 0 Å². The summed E-state index contributed by atoms with van der Waals surface area (Å²) < 4.78 is 6.13. The average molecular weight is 386 g/mol. The lowest BCUT2D eigenvalue weighted by molar-refractivity contribution is -0.115. The number of nitrogens with zero attached hydrogens (tertiary/aromatic N) is 2. The first-order valence-electron chi connectivity index (χ1n) is 8.04. The number of carbonyl (C=O) groups is 1. The van der Waals surface area contributed by atoms with Crippen LogP contribution in [0.1, 0.15) is 21.4 Å². The van der Waals surface area contributed by atoms with Gasteiger partial charge in [0.2, 0.25) is 5.91 Å². The van der Waals surface area contributed by atoms with Gasteiger partial charge in [0.15, 0.2) is 4.34 Å². The molecule has 1 unspecified atom stereocenters. The van der Waals surface area contributed by atoms with Crippen molar-refractivity contribution in [1.82, 2.24) is 10.2 Å². The summed E-state index contributed by atoms with van der Waals surface area (Å²) in [4.78, 5) is 13.1. The summed E-state index contributed by atoms with van der Waals surface area (Å²) in [5.41, 5.74) is 2.62. The van der Waals surface area contributed by atoms with Crippen molar-refractivity contribution < 1.29 is 9.53 Å². The van der Waals surface area contributed by atoms with Crippen molar-refractivity contribution in [2.24, 2.45) is 0 Å². The number of anilines is 1. The van der Waals surface area contributed by atoms with Gasteiger partial charge in [-0.25, -0.2) is 0 Å². The van der Waals surface area contributed by atoms with E-state index in [4.69, 9.17) is 4.74 Å². The fourth-order valence-corrected chi connectivity index (χ4v) is 4.45. The number of aryl methyl sites for hydroxylation is 2. The van der Waals surface area contributed by atoms with Crippen molar-refractivity contribution in [3.8, 4) is 5.75 Å². The molecule has 1 heterocycles. The molecule has 3 aromatic rings. The molecule has 0 saturated carbocycles. The lowest BCUT2D eigenvalue weighted by Crippen LogP contribution is -2.19. The predicted octanol–water partition coefficient (Wildman–Crippen LogP) is 4.64. The van der Waals surface area contributed by atoms with Crippen LogP contribution in [0.15, 0.2) is 52.9 Å². The van der Waals surface area contributed by atoms with E-state index in [1.165, 1.54) is 23.1 Å². The van der Waals surface area contributed by atoms with Gasteiger partial charge in [0.25, 0.3) is 0 Å². The highest BCUT2D eigenvalue weighted by atomic mass is 32.2. The Kier molecular flexibility index (Phi) is 5.90. The number of benzene rings is 2. The Morgan fingerprint density at radius 3 is 2.58 bits per heavy atom. The third kappa shape index (κ3) is 4.42. The number of thioether (sulfide) groups is 1. The molecule has 0 bridgehead atoms. The number of nitrogens with one attached hydrogen (secondary N) is 1. The number of aromatic nitrogens is 2. The van der Waals surface area contributed by atoms with Crippen LogP contribution in [0.4, 0.5) is 5.69 Å². The normalized spacial score (nSPS) is 11.8. The topological polar surface area (TPSA) is 64.1 Å². The van der Waals surface area contributed by atoms with Crippen LogP contribution in [0.5, 0.6) is 5.75 Å². The number of hydrogen-bond acceptors (Lipinski definition) is 6. The minimum absolute atomic E-state index is 0.127. The molecule has 1 N–H and O–H groups in total. The van der Waals surface area contributed by atoms with Crippen molar-refractivity contribution in [3.63, 3.8) is 0 Å². The molecule has 1 amide bonds. The number of carbonyl (C=O) groups excluding carboxylic acids is 1. The molecule has 5 nitrogen and oxygen atoms in total. The standard InChI is InChI=1S/C19H19N3O2S2/c1-12-9-10-16(24-3)15(11-12)20-18(23)17(14-7-5-4-6-8-14)26-19-22-21-13(2)25-19/h4-11,17H,1-3H3,(H,20,23). The molecule has 0 fully saturated rings. The van der Waals surface area contributed by atoms with E-state index >= 15 is 0 Å². The molecule has 134 valence electrons. The molecule has 7 heteroatoms. The maximum absolute atomic E-state index is 13.1. The molecule has 2 aromatic carbocycles. The molecule has 0 radical (unpaired) electrons. The van der Waals surface area contributed by atoms with Crippen molar-refractivity contribution in [1.29, 1.82) is 0 Å². The molecule has 0 saturated heterocycles. The minimum Gasteiger partial charge on any atom is -0.495 e. The van der Waals surface area contributed by atoms with Gasteiger partial charge in [-0.05, 0) is 37.1 Å². The van der Waals surface area contributed by atoms with Gasteiger partial charge in [0.05, 0.1) is 12.8 Å². The highest BCUT2D eigenvalue weighted by Gasteiger charge is 2.24. The Bertz CT molecular complexity index is 897. The van der Waals surface area contributed by atoms with Gasteiger partial charge >= 0.3 is 0 Å². The predicted molar refractivity (Wildman–Crippen MR) is 106 cm³/mol. The van der Waals surface area contributed by atoms with Crippen molar-refractivity contribution >= 4 is 34.7 Å². The van der Waals surface area contributed by atoms with Crippen LogP contribution in [0.25, 0.3) is 0 Å². The zero-order valence-electron chi connectivity index (χ0n) is 14.7. The van der Waals surface area contributed by atoms with Crippen LogP contribution in [-0.2, 0) is 4.79 Å². The number of amides is 1. The van der Waals surface area contributed by atoms with Crippen LogP contribution in [0.2, 0.25) is 0 Å². The van der Waals surface area contributed by atoms with E-state index in [-0.39, 0.29) is 5.91 Å². The first-order chi connectivity index (χ1) is 12.6. The molecule has 3 rings (SSSR count). The molecule has 26 heavy (non-hydrogen) atoms. The average Bonchev–Trinajstić information content (AvgIpc) is 3.05. The van der Waals surface area contributed by atoms with Gasteiger partial charge in [0, 0.05) is 0 Å². The van der Waals surface area contributed by atoms with Gasteiger partial charge in [-0.3, -0.25) is 4.79 Å². The largest absolute Gasteiger partial charge is 0.495 e. The second-order valence-corrected chi connectivity index (χ2v) is 8.22. The van der Waals surface area contributed by atoms with Crippen LogP contribution < -0.4 is 10.1 Å². The van der Waals surface area contributed by atoms with E-state index in [2.05, 4.69) is 15.5 Å². The SMILES string of the molecule is COc1ccc(C)cc1NC(=O)C(Sc1nnc(C)s1)c1ccccc1. The van der Waals surface area contributed by atoms with Gasteiger partial charge in [-0.2, -0.15) is 0 Å². The third-order valence-corrected chi connectivity index (χ3v) is 5.86. The Balaban J connectivity index is 1.89. The van der Waals surface area contributed by atoms with E-state index < -0.39 is 5.25 Å². The summed E-state index contributed by atoms with van der Waals surface area (Å²) in [6.45, 7) is 3.87. The monoisotopic (exact) mass is 385 g/mol. The molecule has 1 atom stereocenters. The lowest BCUT2D eigenvalue weighted by Gasteiger charge is -2.17. The van der Waals surface area contributed by atoms with E-state index in [0.29, 0.717) is 11.4 Å². The summed E-state index contributed by atoms with van der Waals surface area (Å²) >= 11 is 2.88. The van der Waals surface area contributed by atoms with Gasteiger partial charge < -0.3 is 10.1 Å². The molecule has 0 spiro atoms. The van der Waals surface area contributed by atoms with Crippen molar-refractivity contribution in [2.75, 3.05) is 12.4 Å². The molecule has 0 aliphatic heterocycles. The maximum atomic E-state index is 13.1. The van der Waals surface area contributed by atoms with Crippen molar-refractivity contribution in [3.05, 3.63) is 64.7 Å². The first-order valence-corrected chi connectivity index (χ1v) is 9.73. The number of methoxy groups -OCH3 is 1. The smallest absolute Gasteiger partial charge is 0.242 e. The van der Waals surface area contributed by atoms with E-state index in [1.807, 2.05) is 62.4 Å². The molecular weight excluding hydrogens is 366 g/mol. The van der Waals surface area contributed by atoms with Crippen LogP contribution >= 0.6 is 23.1 Å². The Morgan fingerprint density at radius 1 is 1.15 bits per heavy atom. The third-order valence-electron chi connectivity index (χ3n) is 3.68. The summed E-state index contributed by atoms with van der Waals surface area (Å²) in [5, 5.41) is 11.6. The number of ether oxygens (including phenoxy) is 1. The molecule has 1 aromatic heterocycles. The summed E-state index contributed by atoms with van der Waals surface area (Å²) in [5.74, 6) is 0.505. The number of rotatable bonds is 6. The number of hydrogen-bond donors (Lipinski definition) is 1. The summed E-state index contributed by atoms with van der Waals surface area (Å²) in [7, 11) is 1.59. The molecule has 0 aliphatic rings. The fourth-order valence-electron chi connectivity index (χ4n) is 2.45. The molecular formula is C19H19N3O2S2. The van der Waals surface area contributed by atoms with E-state index in [1.54, 1.807) is 7.11 Å². The Morgan fingerprint density at radius 2 is 1.92 bits per heavy atom. The quantitative estimate of drug-likeness (QED) is 0.627. The zero-order valence-corrected chi connectivity index (χ0v) is 16.4.